The number of hydrogen-bond donors (Lipinski definition) is 1. The Bertz CT molecular complexity index is 548. The molecule has 0 spiro atoms. The Kier molecular flexibility index (Phi) is 3.67. The first-order valence-electron chi connectivity index (χ1n) is 6.51. The minimum absolute atomic E-state index is 0.761. The summed E-state index contributed by atoms with van der Waals surface area (Å²) in [5.74, 6) is 1.06. The van der Waals surface area contributed by atoms with E-state index in [4.69, 9.17) is 11.6 Å². The lowest BCUT2D eigenvalue weighted by Crippen LogP contribution is -2.44. The molecule has 98 valence electrons. The summed E-state index contributed by atoms with van der Waals surface area (Å²) in [6.07, 6.45) is 1.86. The number of anilines is 1. The third kappa shape index (κ3) is 2.72. The smallest absolute Gasteiger partial charge is 0.136 e. The Morgan fingerprint density at radius 3 is 2.53 bits per heavy atom. The highest BCUT2D eigenvalue weighted by atomic mass is 35.5. The number of rotatable bonds is 2. The zero-order valence-corrected chi connectivity index (χ0v) is 11.4. The molecule has 19 heavy (non-hydrogen) atoms. The van der Waals surface area contributed by atoms with Crippen molar-refractivity contribution < 1.29 is 0 Å². The van der Waals surface area contributed by atoms with Gasteiger partial charge in [0.05, 0.1) is 0 Å². The lowest BCUT2D eigenvalue weighted by atomic mass is 10.1. The maximum atomic E-state index is 5.95. The van der Waals surface area contributed by atoms with E-state index in [1.807, 2.05) is 36.5 Å². The van der Waals surface area contributed by atoms with Crippen molar-refractivity contribution in [3.05, 3.63) is 47.6 Å². The zero-order chi connectivity index (χ0) is 13.1. The van der Waals surface area contributed by atoms with E-state index in [2.05, 4.69) is 21.3 Å². The molecule has 0 saturated carbocycles. The average molecular weight is 274 g/mol. The SMILES string of the molecule is Clc1ccc(-c2cccnc2N2CCNCC2)cc1. The summed E-state index contributed by atoms with van der Waals surface area (Å²) in [4.78, 5) is 6.90. The van der Waals surface area contributed by atoms with Crippen molar-refractivity contribution in [3.63, 3.8) is 0 Å². The van der Waals surface area contributed by atoms with Gasteiger partial charge in [0.1, 0.15) is 5.82 Å². The predicted octanol–water partition coefficient (Wildman–Crippen LogP) is 2.81. The summed E-state index contributed by atoms with van der Waals surface area (Å²) in [5, 5.41) is 4.12. The van der Waals surface area contributed by atoms with E-state index in [1.165, 1.54) is 5.56 Å². The lowest BCUT2D eigenvalue weighted by molar-refractivity contribution is 0.585. The van der Waals surface area contributed by atoms with Crippen molar-refractivity contribution in [2.24, 2.45) is 0 Å². The van der Waals surface area contributed by atoms with Crippen LogP contribution in [0.25, 0.3) is 11.1 Å². The maximum absolute atomic E-state index is 5.95. The summed E-state index contributed by atoms with van der Waals surface area (Å²) in [7, 11) is 0. The Labute approximate surface area is 118 Å². The highest BCUT2D eigenvalue weighted by Crippen LogP contribution is 2.29. The highest BCUT2D eigenvalue weighted by Gasteiger charge is 2.15. The molecule has 0 amide bonds. The van der Waals surface area contributed by atoms with Crippen molar-refractivity contribution in [1.29, 1.82) is 0 Å². The molecule has 0 radical (unpaired) electrons. The first kappa shape index (κ1) is 12.5. The van der Waals surface area contributed by atoms with Crippen LogP contribution in [-0.4, -0.2) is 31.2 Å². The van der Waals surface area contributed by atoms with Crippen LogP contribution in [0.15, 0.2) is 42.6 Å². The standard InChI is InChI=1S/C15H16ClN3/c16-13-5-3-12(4-6-13)14-2-1-7-18-15(14)19-10-8-17-9-11-19/h1-7,17H,8-11H2. The molecule has 1 aliphatic rings. The third-order valence-corrected chi connectivity index (χ3v) is 3.61. The van der Waals surface area contributed by atoms with Gasteiger partial charge in [0.2, 0.25) is 0 Å². The normalized spacial score (nSPS) is 15.5. The molecule has 3 nitrogen and oxygen atoms in total. The van der Waals surface area contributed by atoms with Gasteiger partial charge in [0.25, 0.3) is 0 Å². The molecular formula is C15H16ClN3. The molecule has 0 unspecified atom stereocenters. The molecule has 1 aliphatic heterocycles. The van der Waals surface area contributed by atoms with Gasteiger partial charge < -0.3 is 10.2 Å². The Balaban J connectivity index is 1.98. The van der Waals surface area contributed by atoms with Gasteiger partial charge in [-0.25, -0.2) is 4.98 Å². The molecule has 1 N–H and O–H groups in total. The Morgan fingerprint density at radius 1 is 1.05 bits per heavy atom. The number of pyridine rings is 1. The molecule has 0 atom stereocenters. The van der Waals surface area contributed by atoms with Gasteiger partial charge in [-0.3, -0.25) is 0 Å². The second-order valence-electron chi connectivity index (χ2n) is 4.62. The zero-order valence-electron chi connectivity index (χ0n) is 10.6. The molecule has 1 saturated heterocycles. The van der Waals surface area contributed by atoms with Crippen molar-refractivity contribution in [3.8, 4) is 11.1 Å². The minimum Gasteiger partial charge on any atom is -0.354 e. The fourth-order valence-corrected chi connectivity index (χ4v) is 2.51. The first-order valence-corrected chi connectivity index (χ1v) is 6.89. The van der Waals surface area contributed by atoms with E-state index < -0.39 is 0 Å². The van der Waals surface area contributed by atoms with E-state index in [0.29, 0.717) is 0 Å². The van der Waals surface area contributed by atoms with Gasteiger partial charge >= 0.3 is 0 Å². The van der Waals surface area contributed by atoms with Crippen molar-refractivity contribution >= 4 is 17.4 Å². The number of hydrogen-bond acceptors (Lipinski definition) is 3. The highest BCUT2D eigenvalue weighted by molar-refractivity contribution is 6.30. The largest absolute Gasteiger partial charge is 0.354 e. The Morgan fingerprint density at radius 2 is 1.79 bits per heavy atom. The van der Waals surface area contributed by atoms with Crippen LogP contribution >= 0.6 is 11.6 Å². The fraction of sp³-hybridized carbons (Fsp3) is 0.267. The molecule has 1 aromatic heterocycles. The molecule has 1 fully saturated rings. The molecule has 2 aromatic rings. The molecule has 4 heteroatoms. The van der Waals surface area contributed by atoms with Crippen LogP contribution in [0.3, 0.4) is 0 Å². The molecule has 1 aromatic carbocycles. The molecule has 2 heterocycles. The second-order valence-corrected chi connectivity index (χ2v) is 5.05. The molecule has 0 bridgehead atoms. The van der Waals surface area contributed by atoms with Crippen LogP contribution in [0, 0.1) is 0 Å². The summed E-state index contributed by atoms with van der Waals surface area (Å²) in [5.41, 5.74) is 2.33. The average Bonchev–Trinajstić information content (AvgIpc) is 2.49. The first-order chi connectivity index (χ1) is 9.34. The van der Waals surface area contributed by atoms with E-state index in [9.17, 15) is 0 Å². The van der Waals surface area contributed by atoms with E-state index in [1.54, 1.807) is 0 Å². The predicted molar refractivity (Wildman–Crippen MR) is 79.8 cm³/mol. The number of aromatic nitrogens is 1. The van der Waals surface area contributed by atoms with Crippen LogP contribution in [-0.2, 0) is 0 Å². The molecule has 3 rings (SSSR count). The van der Waals surface area contributed by atoms with Gasteiger partial charge in [-0.1, -0.05) is 23.7 Å². The van der Waals surface area contributed by atoms with Crippen molar-refractivity contribution in [1.82, 2.24) is 10.3 Å². The van der Waals surface area contributed by atoms with Gasteiger partial charge in [0, 0.05) is 43.0 Å². The van der Waals surface area contributed by atoms with Crippen LogP contribution in [0.4, 0.5) is 5.82 Å². The van der Waals surface area contributed by atoms with Crippen LogP contribution in [0.5, 0.6) is 0 Å². The summed E-state index contributed by atoms with van der Waals surface area (Å²) < 4.78 is 0. The van der Waals surface area contributed by atoms with E-state index in [-0.39, 0.29) is 0 Å². The number of benzene rings is 1. The molecule has 0 aliphatic carbocycles. The fourth-order valence-electron chi connectivity index (χ4n) is 2.38. The van der Waals surface area contributed by atoms with E-state index >= 15 is 0 Å². The quantitative estimate of drug-likeness (QED) is 0.912. The summed E-state index contributed by atoms with van der Waals surface area (Å²) >= 11 is 5.95. The number of piperazine rings is 1. The van der Waals surface area contributed by atoms with Crippen molar-refractivity contribution in [2.75, 3.05) is 31.1 Å². The Hall–Kier alpha value is -1.58. The summed E-state index contributed by atoms with van der Waals surface area (Å²) in [6, 6.07) is 12.0. The number of nitrogens with zero attached hydrogens (tertiary/aromatic N) is 2. The van der Waals surface area contributed by atoms with Crippen LogP contribution in [0.1, 0.15) is 0 Å². The summed E-state index contributed by atoms with van der Waals surface area (Å²) in [6.45, 7) is 4.02. The minimum atomic E-state index is 0.761. The number of halogens is 1. The molecular weight excluding hydrogens is 258 g/mol. The van der Waals surface area contributed by atoms with Crippen molar-refractivity contribution in [2.45, 2.75) is 0 Å². The second kappa shape index (κ2) is 5.59. The van der Waals surface area contributed by atoms with E-state index in [0.717, 1.165) is 42.6 Å². The maximum Gasteiger partial charge on any atom is 0.136 e. The number of nitrogens with one attached hydrogen (secondary N) is 1. The lowest BCUT2D eigenvalue weighted by Gasteiger charge is -2.30. The van der Waals surface area contributed by atoms with Gasteiger partial charge in [-0.2, -0.15) is 0 Å². The van der Waals surface area contributed by atoms with Gasteiger partial charge in [0.15, 0.2) is 0 Å². The van der Waals surface area contributed by atoms with Gasteiger partial charge in [-0.05, 0) is 29.8 Å². The topological polar surface area (TPSA) is 28.2 Å². The third-order valence-electron chi connectivity index (χ3n) is 3.36. The van der Waals surface area contributed by atoms with Gasteiger partial charge in [-0.15, -0.1) is 0 Å². The van der Waals surface area contributed by atoms with Crippen LogP contribution < -0.4 is 10.2 Å². The monoisotopic (exact) mass is 273 g/mol. The van der Waals surface area contributed by atoms with Crippen LogP contribution in [0.2, 0.25) is 5.02 Å².